The second kappa shape index (κ2) is 5.33. The number of hydrogen-bond acceptors (Lipinski definition) is 4. The third-order valence-corrected chi connectivity index (χ3v) is 3.93. The molecule has 1 atom stereocenters. The van der Waals surface area contributed by atoms with Crippen LogP contribution in [0.1, 0.15) is 25.7 Å². The molecule has 0 aromatic rings. The number of carbonyl (C=O) groups is 1. The normalized spacial score (nSPS) is 27.6. The molecule has 2 rings (SSSR count). The molecule has 0 aromatic carbocycles. The summed E-state index contributed by atoms with van der Waals surface area (Å²) in [6.45, 7) is 1.53. The summed E-state index contributed by atoms with van der Waals surface area (Å²) in [6, 6.07) is -0.190. The van der Waals surface area contributed by atoms with Gasteiger partial charge in [0.1, 0.15) is 0 Å². The van der Waals surface area contributed by atoms with Crippen molar-refractivity contribution in [2.24, 2.45) is 0 Å². The molecular formula is C12H21NO4. The lowest BCUT2D eigenvalue weighted by Crippen LogP contribution is -2.53. The van der Waals surface area contributed by atoms with E-state index in [-0.39, 0.29) is 24.2 Å². The van der Waals surface area contributed by atoms with E-state index in [4.69, 9.17) is 9.47 Å². The second-order valence-corrected chi connectivity index (χ2v) is 4.92. The van der Waals surface area contributed by atoms with Crippen LogP contribution in [0, 0.1) is 0 Å². The molecule has 2 aliphatic rings. The van der Waals surface area contributed by atoms with Crippen LogP contribution in [-0.4, -0.2) is 61.0 Å². The Morgan fingerprint density at radius 2 is 2.35 bits per heavy atom. The summed E-state index contributed by atoms with van der Waals surface area (Å²) in [5.74, 6) is 0.0777. The summed E-state index contributed by atoms with van der Waals surface area (Å²) in [7, 11) is 1.68. The van der Waals surface area contributed by atoms with Gasteiger partial charge in [0.05, 0.1) is 37.9 Å². The molecular weight excluding hydrogens is 222 g/mol. The van der Waals surface area contributed by atoms with Gasteiger partial charge in [0, 0.05) is 13.7 Å². The first-order valence-electron chi connectivity index (χ1n) is 6.24. The van der Waals surface area contributed by atoms with Crippen LogP contribution < -0.4 is 0 Å². The van der Waals surface area contributed by atoms with Gasteiger partial charge in [-0.05, 0) is 19.3 Å². The van der Waals surface area contributed by atoms with Gasteiger partial charge in [-0.3, -0.25) is 4.79 Å². The third kappa shape index (κ3) is 2.61. The van der Waals surface area contributed by atoms with Crippen LogP contribution >= 0.6 is 0 Å². The highest BCUT2D eigenvalue weighted by Gasteiger charge is 2.41. The number of nitrogens with zero attached hydrogens (tertiary/aromatic N) is 1. The molecule has 0 spiro atoms. The SMILES string of the molecule is COC1(CC(=O)N2CCOCC2CO)CCC1. The molecule has 1 saturated heterocycles. The predicted octanol–water partition coefficient (Wildman–Crippen LogP) is 0.165. The number of methoxy groups -OCH3 is 1. The molecule has 1 amide bonds. The summed E-state index contributed by atoms with van der Waals surface area (Å²) >= 11 is 0. The van der Waals surface area contributed by atoms with Crippen LogP contribution in [0.5, 0.6) is 0 Å². The van der Waals surface area contributed by atoms with Crippen LogP contribution in [0.2, 0.25) is 0 Å². The third-order valence-electron chi connectivity index (χ3n) is 3.93. The number of morpholine rings is 1. The van der Waals surface area contributed by atoms with Gasteiger partial charge < -0.3 is 19.5 Å². The molecule has 1 heterocycles. The van der Waals surface area contributed by atoms with Gasteiger partial charge in [-0.15, -0.1) is 0 Å². The Hall–Kier alpha value is -0.650. The van der Waals surface area contributed by atoms with Crippen molar-refractivity contribution >= 4 is 5.91 Å². The predicted molar refractivity (Wildman–Crippen MR) is 61.6 cm³/mol. The summed E-state index contributed by atoms with van der Waals surface area (Å²) in [5.41, 5.74) is -0.241. The second-order valence-electron chi connectivity index (χ2n) is 4.92. The quantitative estimate of drug-likeness (QED) is 0.764. The lowest BCUT2D eigenvalue weighted by Gasteiger charge is -2.42. The lowest BCUT2D eigenvalue weighted by atomic mass is 9.77. The van der Waals surface area contributed by atoms with Crippen molar-refractivity contribution in [2.75, 3.05) is 33.5 Å². The van der Waals surface area contributed by atoms with E-state index in [0.29, 0.717) is 26.2 Å². The van der Waals surface area contributed by atoms with Crippen LogP contribution in [0.15, 0.2) is 0 Å². The Labute approximate surface area is 102 Å². The number of carbonyl (C=O) groups excluding carboxylic acids is 1. The number of aliphatic hydroxyl groups is 1. The molecule has 1 unspecified atom stereocenters. The molecule has 1 aliphatic carbocycles. The standard InChI is InChI=1S/C12H21NO4/c1-16-12(3-2-4-12)7-11(15)13-5-6-17-9-10(13)8-14/h10,14H,2-9H2,1H3. The van der Waals surface area contributed by atoms with E-state index in [0.717, 1.165) is 19.3 Å². The maximum Gasteiger partial charge on any atom is 0.225 e. The van der Waals surface area contributed by atoms with Crippen LogP contribution in [0.3, 0.4) is 0 Å². The van der Waals surface area contributed by atoms with Crippen molar-refractivity contribution in [2.45, 2.75) is 37.3 Å². The minimum Gasteiger partial charge on any atom is -0.394 e. The average molecular weight is 243 g/mol. The molecule has 1 N–H and O–H groups in total. The fourth-order valence-corrected chi connectivity index (χ4v) is 2.54. The molecule has 0 radical (unpaired) electrons. The number of hydrogen-bond donors (Lipinski definition) is 1. The maximum atomic E-state index is 12.2. The van der Waals surface area contributed by atoms with E-state index in [2.05, 4.69) is 0 Å². The molecule has 2 fully saturated rings. The van der Waals surface area contributed by atoms with Gasteiger partial charge in [0.2, 0.25) is 5.91 Å². The summed E-state index contributed by atoms with van der Waals surface area (Å²) in [6.07, 6.45) is 3.49. The number of aliphatic hydroxyl groups excluding tert-OH is 1. The number of ether oxygens (including phenoxy) is 2. The highest BCUT2D eigenvalue weighted by Crippen LogP contribution is 2.38. The van der Waals surface area contributed by atoms with E-state index >= 15 is 0 Å². The molecule has 0 aromatic heterocycles. The molecule has 17 heavy (non-hydrogen) atoms. The van der Waals surface area contributed by atoms with Crippen molar-refractivity contribution in [1.29, 1.82) is 0 Å². The largest absolute Gasteiger partial charge is 0.394 e. The van der Waals surface area contributed by atoms with Gasteiger partial charge >= 0.3 is 0 Å². The Bertz CT molecular complexity index is 272. The Kier molecular flexibility index (Phi) is 4.01. The van der Waals surface area contributed by atoms with E-state index in [1.165, 1.54) is 0 Å². The van der Waals surface area contributed by atoms with E-state index < -0.39 is 0 Å². The van der Waals surface area contributed by atoms with Crippen LogP contribution in [0.4, 0.5) is 0 Å². The van der Waals surface area contributed by atoms with Gasteiger partial charge in [-0.2, -0.15) is 0 Å². The fourth-order valence-electron chi connectivity index (χ4n) is 2.54. The molecule has 5 nitrogen and oxygen atoms in total. The topological polar surface area (TPSA) is 59.0 Å². The summed E-state index contributed by atoms with van der Waals surface area (Å²) < 4.78 is 10.7. The Balaban J connectivity index is 1.93. The van der Waals surface area contributed by atoms with Crippen LogP contribution in [-0.2, 0) is 14.3 Å². The molecule has 1 saturated carbocycles. The van der Waals surface area contributed by atoms with Gasteiger partial charge in [0.25, 0.3) is 0 Å². The van der Waals surface area contributed by atoms with Crippen molar-refractivity contribution < 1.29 is 19.4 Å². The number of rotatable bonds is 4. The minimum atomic E-state index is -0.241. The first-order chi connectivity index (χ1) is 8.21. The lowest BCUT2D eigenvalue weighted by molar-refractivity contribution is -0.153. The summed E-state index contributed by atoms with van der Waals surface area (Å²) in [4.78, 5) is 14.0. The zero-order valence-electron chi connectivity index (χ0n) is 10.4. The fraction of sp³-hybridized carbons (Fsp3) is 0.917. The molecule has 0 bridgehead atoms. The zero-order valence-corrected chi connectivity index (χ0v) is 10.4. The van der Waals surface area contributed by atoms with E-state index in [1.54, 1.807) is 12.0 Å². The highest BCUT2D eigenvalue weighted by molar-refractivity contribution is 5.78. The van der Waals surface area contributed by atoms with Crippen molar-refractivity contribution in [3.63, 3.8) is 0 Å². The summed E-state index contributed by atoms with van der Waals surface area (Å²) in [5, 5.41) is 9.23. The monoisotopic (exact) mass is 243 g/mol. The van der Waals surface area contributed by atoms with Crippen molar-refractivity contribution in [3.8, 4) is 0 Å². The number of amides is 1. The average Bonchev–Trinajstić information content (AvgIpc) is 2.33. The maximum absolute atomic E-state index is 12.2. The molecule has 1 aliphatic heterocycles. The Morgan fingerprint density at radius 1 is 1.59 bits per heavy atom. The van der Waals surface area contributed by atoms with Gasteiger partial charge in [0.15, 0.2) is 0 Å². The van der Waals surface area contributed by atoms with Crippen molar-refractivity contribution in [3.05, 3.63) is 0 Å². The molecule has 5 heteroatoms. The van der Waals surface area contributed by atoms with Crippen LogP contribution in [0.25, 0.3) is 0 Å². The van der Waals surface area contributed by atoms with Crippen molar-refractivity contribution in [1.82, 2.24) is 4.90 Å². The first-order valence-corrected chi connectivity index (χ1v) is 6.24. The van der Waals surface area contributed by atoms with E-state index in [9.17, 15) is 9.90 Å². The van der Waals surface area contributed by atoms with E-state index in [1.807, 2.05) is 0 Å². The van der Waals surface area contributed by atoms with Gasteiger partial charge in [-0.25, -0.2) is 0 Å². The zero-order chi connectivity index (χ0) is 12.3. The van der Waals surface area contributed by atoms with Gasteiger partial charge in [-0.1, -0.05) is 0 Å². The first kappa shape index (κ1) is 12.8. The smallest absolute Gasteiger partial charge is 0.225 e. The Morgan fingerprint density at radius 3 is 2.88 bits per heavy atom. The minimum absolute atomic E-state index is 0.0360. The molecule has 98 valence electrons. The highest BCUT2D eigenvalue weighted by atomic mass is 16.5.